The molecule has 152 valence electrons. The van der Waals surface area contributed by atoms with Crippen LogP contribution in [0, 0.1) is 5.82 Å². The zero-order valence-electron chi connectivity index (χ0n) is 16.2. The molecule has 0 bridgehead atoms. The summed E-state index contributed by atoms with van der Waals surface area (Å²) in [6, 6.07) is 23.8. The average Bonchev–Trinajstić information content (AvgIpc) is 3.19. The lowest BCUT2D eigenvalue weighted by atomic mass is 10.2. The summed E-state index contributed by atoms with van der Waals surface area (Å²) in [6.45, 7) is 1.83. The second-order valence-corrected chi connectivity index (χ2v) is 7.93. The molecule has 0 spiro atoms. The normalized spacial score (nSPS) is 12.0. The molecule has 0 fully saturated rings. The van der Waals surface area contributed by atoms with E-state index in [1.54, 1.807) is 18.2 Å². The Hall–Kier alpha value is -2.83. The number of hydrogen-bond acceptors (Lipinski definition) is 4. The lowest BCUT2D eigenvalue weighted by Crippen LogP contribution is -2.12. The van der Waals surface area contributed by atoms with Gasteiger partial charge in [0.2, 0.25) is 0 Å². The second-order valence-electron chi connectivity index (χ2n) is 6.58. The van der Waals surface area contributed by atoms with Gasteiger partial charge in [-0.05, 0) is 42.8 Å². The zero-order valence-corrected chi connectivity index (χ0v) is 17.8. The van der Waals surface area contributed by atoms with E-state index in [0.717, 1.165) is 11.3 Å². The molecule has 4 nitrogen and oxygen atoms in total. The first-order chi connectivity index (χ1) is 14.6. The maximum Gasteiger partial charge on any atom is 0.196 e. The fourth-order valence-electron chi connectivity index (χ4n) is 3.00. The van der Waals surface area contributed by atoms with Gasteiger partial charge >= 0.3 is 0 Å². The summed E-state index contributed by atoms with van der Waals surface area (Å²) in [5.74, 6) is 1.00. The van der Waals surface area contributed by atoms with Gasteiger partial charge in [0.25, 0.3) is 0 Å². The summed E-state index contributed by atoms with van der Waals surface area (Å²) in [5.41, 5.74) is 1.92. The molecule has 1 atom stereocenters. The zero-order chi connectivity index (χ0) is 20.9. The molecule has 0 aliphatic carbocycles. The lowest BCUT2D eigenvalue weighted by molar-refractivity contribution is 0.204. The van der Waals surface area contributed by atoms with Crippen molar-refractivity contribution in [1.29, 1.82) is 0 Å². The van der Waals surface area contributed by atoms with Crippen LogP contribution in [0.15, 0.2) is 84.0 Å². The van der Waals surface area contributed by atoms with E-state index in [2.05, 4.69) is 10.2 Å². The van der Waals surface area contributed by atoms with Crippen LogP contribution in [0.1, 0.15) is 24.4 Å². The van der Waals surface area contributed by atoms with Gasteiger partial charge in [-0.25, -0.2) is 4.39 Å². The first kappa shape index (κ1) is 20.4. The molecule has 0 aliphatic heterocycles. The summed E-state index contributed by atoms with van der Waals surface area (Å²) < 4.78 is 21.9. The molecule has 4 aromatic rings. The first-order valence-corrected chi connectivity index (χ1v) is 10.8. The van der Waals surface area contributed by atoms with Crippen LogP contribution in [0.5, 0.6) is 5.75 Å². The average molecular weight is 440 g/mol. The van der Waals surface area contributed by atoms with E-state index in [1.165, 1.54) is 17.8 Å². The molecule has 30 heavy (non-hydrogen) atoms. The number of para-hydroxylation sites is 2. The Balaban J connectivity index is 1.65. The third-order valence-electron chi connectivity index (χ3n) is 4.49. The Morgan fingerprint density at radius 2 is 1.67 bits per heavy atom. The van der Waals surface area contributed by atoms with E-state index >= 15 is 0 Å². The van der Waals surface area contributed by atoms with Gasteiger partial charge in [-0.15, -0.1) is 10.2 Å². The van der Waals surface area contributed by atoms with E-state index in [1.807, 2.05) is 66.1 Å². The van der Waals surface area contributed by atoms with Crippen molar-refractivity contribution in [2.24, 2.45) is 0 Å². The van der Waals surface area contributed by atoms with Gasteiger partial charge in [0.1, 0.15) is 0 Å². The highest BCUT2D eigenvalue weighted by atomic mass is 35.5. The Morgan fingerprint density at radius 1 is 0.967 bits per heavy atom. The fraction of sp³-hybridized carbons (Fsp3) is 0.130. The smallest absolute Gasteiger partial charge is 0.196 e. The van der Waals surface area contributed by atoms with Crippen molar-refractivity contribution in [3.05, 3.63) is 101 Å². The molecular weight excluding hydrogens is 421 g/mol. The van der Waals surface area contributed by atoms with Crippen molar-refractivity contribution in [3.63, 3.8) is 0 Å². The van der Waals surface area contributed by atoms with Crippen molar-refractivity contribution in [3.8, 4) is 11.4 Å². The van der Waals surface area contributed by atoms with Crippen LogP contribution in [-0.2, 0) is 5.75 Å². The molecule has 0 N–H and O–H groups in total. The highest BCUT2D eigenvalue weighted by Crippen LogP contribution is 2.31. The van der Waals surface area contributed by atoms with Gasteiger partial charge in [0.15, 0.2) is 28.7 Å². The summed E-state index contributed by atoms with van der Waals surface area (Å²) >= 11 is 7.83. The standard InChI is InChI=1S/C23H19ClFN3OS/c1-16(29-21-14-8-7-13-20(21)25)22-26-27-23(28(22)18-10-3-2-4-11-18)30-15-17-9-5-6-12-19(17)24/h2-14,16H,15H2,1H3. The van der Waals surface area contributed by atoms with Crippen molar-refractivity contribution >= 4 is 23.4 Å². The van der Waals surface area contributed by atoms with Crippen molar-refractivity contribution in [1.82, 2.24) is 14.8 Å². The predicted molar refractivity (Wildman–Crippen MR) is 118 cm³/mol. The third kappa shape index (κ3) is 4.50. The predicted octanol–water partition coefficient (Wildman–Crippen LogP) is 6.49. The number of thioether (sulfide) groups is 1. The molecule has 7 heteroatoms. The van der Waals surface area contributed by atoms with E-state index in [9.17, 15) is 4.39 Å². The number of nitrogens with zero attached hydrogens (tertiary/aromatic N) is 3. The molecule has 0 amide bonds. The molecule has 0 aliphatic rings. The molecule has 4 rings (SSSR count). The van der Waals surface area contributed by atoms with Crippen LogP contribution < -0.4 is 4.74 Å². The molecule has 1 aromatic heterocycles. The molecule has 0 saturated heterocycles. The van der Waals surface area contributed by atoms with Crippen molar-refractivity contribution in [2.75, 3.05) is 0 Å². The molecule has 1 unspecified atom stereocenters. The van der Waals surface area contributed by atoms with Gasteiger partial charge in [-0.1, -0.05) is 71.9 Å². The van der Waals surface area contributed by atoms with Gasteiger partial charge in [0.05, 0.1) is 0 Å². The minimum absolute atomic E-state index is 0.179. The van der Waals surface area contributed by atoms with Crippen LogP contribution in [0.25, 0.3) is 5.69 Å². The highest BCUT2D eigenvalue weighted by Gasteiger charge is 2.22. The highest BCUT2D eigenvalue weighted by molar-refractivity contribution is 7.98. The van der Waals surface area contributed by atoms with Crippen molar-refractivity contribution in [2.45, 2.75) is 23.9 Å². The summed E-state index contributed by atoms with van der Waals surface area (Å²) in [6.07, 6.45) is -0.510. The Kier molecular flexibility index (Phi) is 6.35. The minimum Gasteiger partial charge on any atom is -0.480 e. The van der Waals surface area contributed by atoms with Gasteiger partial charge in [-0.2, -0.15) is 0 Å². The van der Waals surface area contributed by atoms with Crippen LogP contribution in [0.2, 0.25) is 5.02 Å². The number of rotatable bonds is 7. The van der Waals surface area contributed by atoms with E-state index < -0.39 is 11.9 Å². The lowest BCUT2D eigenvalue weighted by Gasteiger charge is -2.17. The number of halogens is 2. The molecule has 0 saturated carbocycles. The number of ether oxygens (including phenoxy) is 1. The summed E-state index contributed by atoms with van der Waals surface area (Å²) in [5, 5.41) is 10.2. The van der Waals surface area contributed by atoms with Gasteiger partial charge in [-0.3, -0.25) is 4.57 Å². The van der Waals surface area contributed by atoms with Crippen molar-refractivity contribution < 1.29 is 9.13 Å². The monoisotopic (exact) mass is 439 g/mol. The van der Waals surface area contributed by atoms with Crippen LogP contribution in [0.3, 0.4) is 0 Å². The molecular formula is C23H19ClFN3OS. The maximum absolute atomic E-state index is 14.1. The SMILES string of the molecule is CC(Oc1ccccc1F)c1nnc(SCc2ccccc2Cl)n1-c1ccccc1. The largest absolute Gasteiger partial charge is 0.480 e. The van der Waals surface area contributed by atoms with Crippen LogP contribution in [0.4, 0.5) is 4.39 Å². The van der Waals surface area contributed by atoms with Gasteiger partial charge in [0, 0.05) is 16.5 Å². The number of benzene rings is 3. The first-order valence-electron chi connectivity index (χ1n) is 9.41. The number of aromatic nitrogens is 3. The van der Waals surface area contributed by atoms with E-state index in [-0.39, 0.29) is 5.75 Å². The van der Waals surface area contributed by atoms with Gasteiger partial charge < -0.3 is 4.74 Å². The Bertz CT molecular complexity index is 1140. The van der Waals surface area contributed by atoms with E-state index in [4.69, 9.17) is 16.3 Å². The third-order valence-corrected chi connectivity index (χ3v) is 5.84. The second kappa shape index (κ2) is 9.32. The Morgan fingerprint density at radius 3 is 2.43 bits per heavy atom. The summed E-state index contributed by atoms with van der Waals surface area (Å²) in [7, 11) is 0. The molecule has 0 radical (unpaired) electrons. The minimum atomic E-state index is -0.510. The van der Waals surface area contributed by atoms with Crippen LogP contribution in [-0.4, -0.2) is 14.8 Å². The topological polar surface area (TPSA) is 39.9 Å². The molecule has 1 heterocycles. The Labute approximate surface area is 183 Å². The van der Waals surface area contributed by atoms with E-state index in [0.29, 0.717) is 21.8 Å². The summed E-state index contributed by atoms with van der Waals surface area (Å²) in [4.78, 5) is 0. The number of hydrogen-bond donors (Lipinski definition) is 0. The quantitative estimate of drug-likeness (QED) is 0.308. The van der Waals surface area contributed by atoms with Crippen LogP contribution >= 0.6 is 23.4 Å². The fourth-order valence-corrected chi connectivity index (χ4v) is 4.24. The maximum atomic E-state index is 14.1. The molecule has 3 aromatic carbocycles.